The van der Waals surface area contributed by atoms with Crippen LogP contribution in [0.15, 0.2) is 0 Å². The maximum absolute atomic E-state index is 6.04. The van der Waals surface area contributed by atoms with Crippen molar-refractivity contribution in [2.45, 2.75) is 69.9 Å². The summed E-state index contributed by atoms with van der Waals surface area (Å²) in [6.07, 6.45) is 12.8. The predicted octanol–water partition coefficient (Wildman–Crippen LogP) is 2.77. The monoisotopic (exact) mass is 236 g/mol. The molecule has 0 spiro atoms. The lowest BCUT2D eigenvalue weighted by Gasteiger charge is -2.31. The van der Waals surface area contributed by atoms with Crippen molar-refractivity contribution < 1.29 is 0 Å². The lowest BCUT2D eigenvalue weighted by atomic mass is 9.95. The number of rotatable bonds is 3. The van der Waals surface area contributed by atoms with Gasteiger partial charge in [0.2, 0.25) is 0 Å². The maximum atomic E-state index is 6.04. The molecule has 2 N–H and O–H groups in total. The summed E-state index contributed by atoms with van der Waals surface area (Å²) in [7, 11) is 0. The third kappa shape index (κ3) is 2.68. The first-order valence-corrected chi connectivity index (χ1v) is 7.82. The summed E-state index contributed by atoms with van der Waals surface area (Å²) in [4.78, 5) is 2.83. The highest BCUT2D eigenvalue weighted by molar-refractivity contribution is 4.90. The fraction of sp³-hybridized carbons (Fsp3) is 1.00. The standard InChI is InChI=1S/C15H28N2/c16-14-8-7-12(10-14)11-17-9-3-6-15(17)13-4-1-2-5-13/h12-15H,1-11,16H2. The number of hydrogen-bond donors (Lipinski definition) is 1. The molecule has 0 aromatic heterocycles. The number of nitrogens with zero attached hydrogens (tertiary/aromatic N) is 1. The minimum Gasteiger partial charge on any atom is -0.328 e. The fourth-order valence-electron chi connectivity index (χ4n) is 4.57. The molecule has 0 amide bonds. The highest BCUT2D eigenvalue weighted by Crippen LogP contribution is 2.37. The Morgan fingerprint density at radius 3 is 2.47 bits per heavy atom. The van der Waals surface area contributed by atoms with Crippen LogP contribution in [0.2, 0.25) is 0 Å². The summed E-state index contributed by atoms with van der Waals surface area (Å²) in [6.45, 7) is 2.72. The van der Waals surface area contributed by atoms with Crippen molar-refractivity contribution in [2.24, 2.45) is 17.6 Å². The Labute approximate surface area is 106 Å². The molecule has 2 heteroatoms. The van der Waals surface area contributed by atoms with Crippen molar-refractivity contribution in [3.8, 4) is 0 Å². The summed E-state index contributed by atoms with van der Waals surface area (Å²) in [5, 5.41) is 0. The van der Waals surface area contributed by atoms with Crippen molar-refractivity contribution >= 4 is 0 Å². The van der Waals surface area contributed by atoms with E-state index in [4.69, 9.17) is 5.73 Å². The molecule has 3 unspecified atom stereocenters. The zero-order valence-electron chi connectivity index (χ0n) is 11.1. The van der Waals surface area contributed by atoms with Gasteiger partial charge >= 0.3 is 0 Å². The van der Waals surface area contributed by atoms with Gasteiger partial charge in [0.05, 0.1) is 0 Å². The van der Waals surface area contributed by atoms with E-state index in [2.05, 4.69) is 4.90 Å². The SMILES string of the molecule is NC1CCC(CN2CCCC2C2CCCC2)C1. The van der Waals surface area contributed by atoms with E-state index in [9.17, 15) is 0 Å². The van der Waals surface area contributed by atoms with Gasteiger partial charge in [0, 0.05) is 18.6 Å². The molecule has 1 aliphatic heterocycles. The van der Waals surface area contributed by atoms with Gasteiger partial charge in [-0.15, -0.1) is 0 Å². The molecule has 2 aliphatic carbocycles. The first kappa shape index (κ1) is 12.0. The Bertz CT molecular complexity index is 247. The molecule has 0 bridgehead atoms. The van der Waals surface area contributed by atoms with Crippen LogP contribution in [0.1, 0.15) is 57.8 Å². The summed E-state index contributed by atoms with van der Waals surface area (Å²) in [5.41, 5.74) is 6.04. The van der Waals surface area contributed by atoms with E-state index in [1.54, 1.807) is 0 Å². The van der Waals surface area contributed by atoms with Gasteiger partial charge in [-0.25, -0.2) is 0 Å². The van der Waals surface area contributed by atoms with Crippen LogP contribution in [0.5, 0.6) is 0 Å². The molecule has 2 nitrogen and oxygen atoms in total. The van der Waals surface area contributed by atoms with E-state index in [0.717, 1.165) is 17.9 Å². The second-order valence-corrected chi connectivity index (χ2v) is 6.69. The van der Waals surface area contributed by atoms with Crippen LogP contribution in [-0.4, -0.2) is 30.1 Å². The largest absolute Gasteiger partial charge is 0.328 e. The fourth-order valence-corrected chi connectivity index (χ4v) is 4.57. The van der Waals surface area contributed by atoms with Crippen LogP contribution in [0.4, 0.5) is 0 Å². The Hall–Kier alpha value is -0.0800. The van der Waals surface area contributed by atoms with Crippen molar-refractivity contribution in [3.05, 3.63) is 0 Å². The van der Waals surface area contributed by atoms with Crippen LogP contribution in [0.3, 0.4) is 0 Å². The number of nitrogens with two attached hydrogens (primary N) is 1. The van der Waals surface area contributed by atoms with Crippen LogP contribution >= 0.6 is 0 Å². The molecule has 3 fully saturated rings. The smallest absolute Gasteiger partial charge is 0.0124 e. The Morgan fingerprint density at radius 2 is 1.76 bits per heavy atom. The van der Waals surface area contributed by atoms with Crippen LogP contribution in [0.25, 0.3) is 0 Å². The molecule has 0 radical (unpaired) electrons. The summed E-state index contributed by atoms with van der Waals surface area (Å²) in [6, 6.07) is 1.45. The zero-order valence-corrected chi connectivity index (χ0v) is 11.1. The Morgan fingerprint density at radius 1 is 0.941 bits per heavy atom. The van der Waals surface area contributed by atoms with E-state index >= 15 is 0 Å². The van der Waals surface area contributed by atoms with Gasteiger partial charge in [0.15, 0.2) is 0 Å². The molecule has 1 heterocycles. The lowest BCUT2D eigenvalue weighted by Crippen LogP contribution is -2.37. The molecule has 17 heavy (non-hydrogen) atoms. The third-order valence-electron chi connectivity index (χ3n) is 5.43. The van der Waals surface area contributed by atoms with Crippen LogP contribution < -0.4 is 5.73 Å². The highest BCUT2D eigenvalue weighted by Gasteiger charge is 2.35. The molecule has 2 saturated carbocycles. The van der Waals surface area contributed by atoms with Gasteiger partial charge in [0.25, 0.3) is 0 Å². The molecular weight excluding hydrogens is 208 g/mol. The Kier molecular flexibility index (Phi) is 3.72. The molecule has 3 atom stereocenters. The van der Waals surface area contributed by atoms with Crippen molar-refractivity contribution in [1.82, 2.24) is 4.90 Å². The summed E-state index contributed by atoms with van der Waals surface area (Å²) >= 11 is 0. The molecule has 98 valence electrons. The van der Waals surface area contributed by atoms with Gasteiger partial charge in [0.1, 0.15) is 0 Å². The first-order valence-electron chi connectivity index (χ1n) is 7.82. The lowest BCUT2D eigenvalue weighted by molar-refractivity contribution is 0.165. The van der Waals surface area contributed by atoms with E-state index in [0.29, 0.717) is 6.04 Å². The summed E-state index contributed by atoms with van der Waals surface area (Å²) in [5.74, 6) is 1.94. The Balaban J connectivity index is 1.54. The van der Waals surface area contributed by atoms with Gasteiger partial charge in [-0.2, -0.15) is 0 Å². The molecule has 3 rings (SSSR count). The second-order valence-electron chi connectivity index (χ2n) is 6.69. The maximum Gasteiger partial charge on any atom is 0.0124 e. The van der Waals surface area contributed by atoms with E-state index in [1.165, 1.54) is 70.9 Å². The first-order chi connectivity index (χ1) is 8.33. The zero-order chi connectivity index (χ0) is 11.7. The minimum atomic E-state index is 0.507. The van der Waals surface area contributed by atoms with Gasteiger partial charge in [-0.05, 0) is 63.3 Å². The molecular formula is C15H28N2. The summed E-state index contributed by atoms with van der Waals surface area (Å²) < 4.78 is 0. The van der Waals surface area contributed by atoms with E-state index in [-0.39, 0.29) is 0 Å². The normalized spacial score (nSPS) is 40.4. The van der Waals surface area contributed by atoms with Gasteiger partial charge < -0.3 is 5.73 Å². The number of hydrogen-bond acceptors (Lipinski definition) is 2. The molecule has 0 aromatic carbocycles. The van der Waals surface area contributed by atoms with Crippen molar-refractivity contribution in [2.75, 3.05) is 13.1 Å². The van der Waals surface area contributed by atoms with Crippen molar-refractivity contribution in [3.63, 3.8) is 0 Å². The second kappa shape index (κ2) is 5.27. The molecule has 3 aliphatic rings. The predicted molar refractivity (Wildman–Crippen MR) is 71.9 cm³/mol. The number of likely N-dealkylation sites (tertiary alicyclic amines) is 1. The van der Waals surface area contributed by atoms with Gasteiger partial charge in [-0.3, -0.25) is 4.90 Å². The third-order valence-corrected chi connectivity index (χ3v) is 5.43. The molecule has 0 aromatic rings. The van der Waals surface area contributed by atoms with Crippen LogP contribution in [-0.2, 0) is 0 Å². The van der Waals surface area contributed by atoms with E-state index in [1.807, 2.05) is 0 Å². The highest BCUT2D eigenvalue weighted by atomic mass is 15.2. The van der Waals surface area contributed by atoms with Crippen molar-refractivity contribution in [1.29, 1.82) is 0 Å². The van der Waals surface area contributed by atoms with Crippen LogP contribution in [0, 0.1) is 11.8 Å². The minimum absolute atomic E-state index is 0.507. The quantitative estimate of drug-likeness (QED) is 0.816. The van der Waals surface area contributed by atoms with Gasteiger partial charge in [-0.1, -0.05) is 12.8 Å². The average Bonchev–Trinajstić information content (AvgIpc) is 3.00. The van der Waals surface area contributed by atoms with E-state index < -0.39 is 0 Å². The topological polar surface area (TPSA) is 29.3 Å². The molecule has 1 saturated heterocycles. The average molecular weight is 236 g/mol.